The number of carbonyl (C=O) groups is 2. The highest BCUT2D eigenvalue weighted by Gasteiger charge is 2.09. The molecule has 0 spiro atoms. The largest absolute Gasteiger partial charge is 0.321 e. The zero-order chi connectivity index (χ0) is 8.85. The maximum Gasteiger partial charge on any atom is 0.228 e. The van der Waals surface area contributed by atoms with Crippen molar-refractivity contribution < 1.29 is 14.4 Å². The summed E-state index contributed by atoms with van der Waals surface area (Å²) in [6.07, 6.45) is 1.22. The van der Waals surface area contributed by atoms with Crippen molar-refractivity contribution in [2.24, 2.45) is 5.73 Å². The average molecular weight is 157 g/mol. The number of nitrogens with one attached hydrogen (secondary N) is 1. The van der Waals surface area contributed by atoms with Gasteiger partial charge in [0.2, 0.25) is 18.1 Å². The van der Waals surface area contributed by atoms with E-state index in [1.54, 1.807) is 0 Å². The number of rotatable bonds is 3. The van der Waals surface area contributed by atoms with Crippen molar-refractivity contribution >= 4 is 18.1 Å². The monoisotopic (exact) mass is 157 g/mol. The highest BCUT2D eigenvalue weighted by atomic mass is 16.2. The fourth-order valence-corrected chi connectivity index (χ4v) is 0.489. The molecule has 5 nitrogen and oxygen atoms in total. The van der Waals surface area contributed by atoms with Gasteiger partial charge in [-0.15, -0.1) is 0 Å². The van der Waals surface area contributed by atoms with Gasteiger partial charge in [0.15, 0.2) is 0 Å². The van der Waals surface area contributed by atoms with Crippen molar-refractivity contribution in [1.82, 2.24) is 5.32 Å². The van der Waals surface area contributed by atoms with Gasteiger partial charge in [-0.3, -0.25) is 19.7 Å². The molecule has 3 N–H and O–H groups in total. The van der Waals surface area contributed by atoms with E-state index in [2.05, 4.69) is 0 Å². The molecule has 0 bridgehead atoms. The van der Waals surface area contributed by atoms with Gasteiger partial charge in [-0.25, -0.2) is 0 Å². The molecule has 61 valence electrons. The van der Waals surface area contributed by atoms with Crippen LogP contribution in [0.1, 0.15) is 13.3 Å². The Balaban J connectivity index is 3.69. The molecule has 0 rings (SSSR count). The molecule has 0 aromatic carbocycles. The van der Waals surface area contributed by atoms with E-state index in [-0.39, 0.29) is 6.42 Å². The van der Waals surface area contributed by atoms with Crippen LogP contribution >= 0.6 is 0 Å². The molecular weight excluding hydrogens is 148 g/mol. The number of nitrogens with two attached hydrogens (primary N) is 1. The van der Waals surface area contributed by atoms with Gasteiger partial charge in [0, 0.05) is 13.3 Å². The Kier molecular flexibility index (Phi) is 4.05. The average Bonchev–Trinajstić information content (AvgIpc) is 1.85. The molecule has 0 aromatic rings. The summed E-state index contributed by atoms with van der Waals surface area (Å²) in [5.41, 5.74) is 5.05. The summed E-state index contributed by atoms with van der Waals surface area (Å²) in [7, 11) is 0. The Labute approximate surface area is 63.9 Å². The van der Waals surface area contributed by atoms with Crippen LogP contribution in [0.3, 0.4) is 0 Å². The molecule has 11 heavy (non-hydrogen) atoms. The van der Waals surface area contributed by atoms with Gasteiger partial charge in [-0.1, -0.05) is 0 Å². The maximum absolute atomic E-state index is 10.6. The highest BCUT2D eigenvalue weighted by Crippen LogP contribution is 1.82. The first-order valence-corrected chi connectivity index (χ1v) is 3.00. The van der Waals surface area contributed by atoms with Gasteiger partial charge < -0.3 is 5.73 Å². The third-order valence-corrected chi connectivity index (χ3v) is 0.872. The first-order chi connectivity index (χ1) is 5.06. The summed E-state index contributed by atoms with van der Waals surface area (Å²) < 4.78 is 0. The lowest BCUT2D eigenvalue weighted by molar-refractivity contribution is -0.129. The summed E-state index contributed by atoms with van der Waals surface area (Å²) in [6.45, 7) is 1.20. The van der Waals surface area contributed by atoms with Crippen LogP contribution in [0, 0.1) is 0 Å². The lowest BCUT2D eigenvalue weighted by Crippen LogP contribution is -2.34. The lowest BCUT2D eigenvalue weighted by atomic mass is 10.2. The smallest absolute Gasteiger partial charge is 0.228 e. The third-order valence-electron chi connectivity index (χ3n) is 0.872. The van der Waals surface area contributed by atoms with Gasteiger partial charge >= 0.3 is 0 Å². The van der Waals surface area contributed by atoms with Crippen LogP contribution in [0.5, 0.6) is 0 Å². The zero-order valence-corrected chi connectivity index (χ0v) is 6.09. The first kappa shape index (κ1) is 9.77. The van der Waals surface area contributed by atoms with Crippen LogP contribution in [-0.2, 0) is 14.4 Å². The number of imide groups is 1. The molecule has 0 saturated heterocycles. The molecule has 0 aromatic heterocycles. The van der Waals surface area contributed by atoms with Crippen LogP contribution in [-0.4, -0.2) is 24.1 Å². The quantitative estimate of drug-likeness (QED) is 0.520. The van der Waals surface area contributed by atoms with Crippen molar-refractivity contribution in [3.63, 3.8) is 0 Å². The van der Waals surface area contributed by atoms with Crippen molar-refractivity contribution in [3.8, 4) is 0 Å². The van der Waals surface area contributed by atoms with Crippen LogP contribution in [0.15, 0.2) is 0 Å². The van der Waals surface area contributed by atoms with E-state index in [1.165, 1.54) is 13.2 Å². The van der Waals surface area contributed by atoms with Crippen LogP contribution in [0.2, 0.25) is 0 Å². The standard InChI is InChI=1S/C6H9N2O3/c1-4(10)8-6(11)2-5(7)3-9/h5H,2,7H2,1H3,(H,8,10,11)/t5-/m1/s1. The Morgan fingerprint density at radius 2 is 2.18 bits per heavy atom. The molecule has 5 heteroatoms. The summed E-state index contributed by atoms with van der Waals surface area (Å²) in [4.78, 5) is 30.7. The minimum absolute atomic E-state index is 0.205. The predicted octanol–water partition coefficient (Wildman–Crippen LogP) is -1.52. The van der Waals surface area contributed by atoms with Crippen molar-refractivity contribution in [2.75, 3.05) is 0 Å². The molecule has 0 aliphatic rings. The lowest BCUT2D eigenvalue weighted by Gasteiger charge is -2.01. The number of carbonyl (C=O) groups excluding carboxylic acids is 3. The minimum Gasteiger partial charge on any atom is -0.321 e. The zero-order valence-electron chi connectivity index (χ0n) is 6.09. The second-order valence-electron chi connectivity index (χ2n) is 2.03. The van der Waals surface area contributed by atoms with Gasteiger partial charge in [-0.05, 0) is 0 Å². The fraction of sp³-hybridized carbons (Fsp3) is 0.500. The summed E-state index contributed by atoms with van der Waals surface area (Å²) >= 11 is 0. The van der Waals surface area contributed by atoms with Gasteiger partial charge in [0.05, 0.1) is 6.04 Å². The van der Waals surface area contributed by atoms with Gasteiger partial charge in [-0.2, -0.15) is 0 Å². The molecule has 0 aliphatic carbocycles. The Morgan fingerprint density at radius 1 is 1.64 bits per heavy atom. The van der Waals surface area contributed by atoms with E-state index in [0.717, 1.165) is 0 Å². The molecule has 1 radical (unpaired) electrons. The van der Waals surface area contributed by atoms with Crippen LogP contribution < -0.4 is 11.1 Å². The van der Waals surface area contributed by atoms with E-state index >= 15 is 0 Å². The molecule has 0 unspecified atom stereocenters. The van der Waals surface area contributed by atoms with Crippen LogP contribution in [0.4, 0.5) is 0 Å². The Hall–Kier alpha value is -1.23. The summed E-state index contributed by atoms with van der Waals surface area (Å²) in [5.74, 6) is -1.03. The number of hydrogen-bond acceptors (Lipinski definition) is 4. The fourth-order valence-electron chi connectivity index (χ4n) is 0.489. The first-order valence-electron chi connectivity index (χ1n) is 3.00. The predicted molar refractivity (Wildman–Crippen MR) is 37.1 cm³/mol. The van der Waals surface area contributed by atoms with Crippen molar-refractivity contribution in [3.05, 3.63) is 0 Å². The normalized spacial score (nSPS) is 11.8. The van der Waals surface area contributed by atoms with Crippen LogP contribution in [0.25, 0.3) is 0 Å². The summed E-state index contributed by atoms with van der Waals surface area (Å²) in [6, 6.07) is -0.950. The van der Waals surface area contributed by atoms with E-state index in [4.69, 9.17) is 5.73 Å². The SMILES string of the molecule is CC(=O)NC(=O)C[C@@H](N)[C]=O. The molecule has 1 atom stereocenters. The number of amides is 2. The molecule has 0 saturated carbocycles. The van der Waals surface area contributed by atoms with E-state index in [1.807, 2.05) is 5.32 Å². The second-order valence-corrected chi connectivity index (χ2v) is 2.03. The van der Waals surface area contributed by atoms with E-state index in [9.17, 15) is 14.4 Å². The highest BCUT2D eigenvalue weighted by molar-refractivity contribution is 5.95. The van der Waals surface area contributed by atoms with Gasteiger partial charge in [0.1, 0.15) is 0 Å². The van der Waals surface area contributed by atoms with E-state index in [0.29, 0.717) is 0 Å². The maximum atomic E-state index is 10.6. The minimum atomic E-state index is -0.950. The molecule has 2 amide bonds. The van der Waals surface area contributed by atoms with Gasteiger partial charge in [0.25, 0.3) is 0 Å². The third kappa shape index (κ3) is 5.23. The van der Waals surface area contributed by atoms with Crippen molar-refractivity contribution in [1.29, 1.82) is 0 Å². The molecule has 0 aliphatic heterocycles. The second kappa shape index (κ2) is 4.56. The van der Waals surface area contributed by atoms with Crippen molar-refractivity contribution in [2.45, 2.75) is 19.4 Å². The molecule has 0 fully saturated rings. The topological polar surface area (TPSA) is 89.3 Å². The Bertz CT molecular complexity index is 179. The van der Waals surface area contributed by atoms with E-state index < -0.39 is 17.9 Å². The molecular formula is C6H9N2O3. The Morgan fingerprint density at radius 3 is 2.55 bits per heavy atom. The number of hydrogen-bond donors (Lipinski definition) is 2. The molecule has 0 heterocycles. The summed E-state index contributed by atoms with van der Waals surface area (Å²) in [5, 5.41) is 1.97.